The van der Waals surface area contributed by atoms with Crippen molar-refractivity contribution in [2.24, 2.45) is 11.8 Å². The molecule has 2 aliphatic carbocycles. The van der Waals surface area contributed by atoms with Crippen LogP contribution in [0.3, 0.4) is 0 Å². The molecule has 2 unspecified atom stereocenters. The Bertz CT molecular complexity index is 1240. The number of nitrogens with one attached hydrogen (secondary N) is 3. The van der Waals surface area contributed by atoms with Crippen molar-refractivity contribution in [2.45, 2.75) is 30.0 Å². The first-order chi connectivity index (χ1) is 16.6. The molecule has 3 amide bonds. The fraction of sp³-hybridized carbons (Fsp3) is 0.292. The van der Waals surface area contributed by atoms with Crippen LogP contribution in [0.15, 0.2) is 42.5 Å². The lowest BCUT2D eigenvalue weighted by molar-refractivity contribution is -0.120. The van der Waals surface area contributed by atoms with Gasteiger partial charge in [0.15, 0.2) is 5.82 Å². The molecule has 2 aromatic carbocycles. The average molecular weight is 543 g/mol. The van der Waals surface area contributed by atoms with Gasteiger partial charge in [0.1, 0.15) is 15.8 Å². The van der Waals surface area contributed by atoms with Crippen molar-refractivity contribution in [3.8, 4) is 0 Å². The third kappa shape index (κ3) is 5.77. The SMILES string of the molecule is O=C(Nc1ccc(F)c(NC(=O)C2CC=CCC2)c1F)c1cc(NC(=O)C2CC2(Cl)Cl)ccc1Cl. The molecule has 2 aliphatic rings. The summed E-state index contributed by atoms with van der Waals surface area (Å²) in [7, 11) is 0. The zero-order valence-corrected chi connectivity index (χ0v) is 20.4. The number of alkyl halides is 2. The van der Waals surface area contributed by atoms with Crippen LogP contribution in [0.2, 0.25) is 5.02 Å². The minimum absolute atomic E-state index is 0.0392. The molecule has 0 spiro atoms. The number of benzene rings is 2. The van der Waals surface area contributed by atoms with Crippen molar-refractivity contribution in [1.29, 1.82) is 0 Å². The number of amides is 3. The Morgan fingerprint density at radius 2 is 1.71 bits per heavy atom. The van der Waals surface area contributed by atoms with Gasteiger partial charge in [0.2, 0.25) is 11.8 Å². The summed E-state index contributed by atoms with van der Waals surface area (Å²) in [5.74, 6) is -4.80. The number of rotatable bonds is 6. The predicted octanol–water partition coefficient (Wildman–Crippen LogP) is 6.30. The summed E-state index contributed by atoms with van der Waals surface area (Å²) in [6.07, 6.45) is 5.87. The molecule has 0 radical (unpaired) electrons. The smallest absolute Gasteiger partial charge is 0.257 e. The molecule has 0 aromatic heterocycles. The molecule has 0 aliphatic heterocycles. The van der Waals surface area contributed by atoms with Crippen LogP contribution in [0, 0.1) is 23.5 Å². The molecule has 1 fully saturated rings. The summed E-state index contributed by atoms with van der Waals surface area (Å²) in [6.45, 7) is 0. The quantitative estimate of drug-likeness (QED) is 0.296. The standard InChI is InChI=1S/C24H20Cl3F2N3O3/c25-16-7-6-13(30-23(35)15-11-24(15,26)27)10-14(16)22(34)31-18-9-8-17(28)20(19(18)29)32-21(33)12-4-2-1-3-5-12/h1-2,6-10,12,15H,3-5,11H2,(H,30,35)(H,31,34)(H,32,33). The number of carbonyl (C=O) groups is 3. The molecule has 184 valence electrons. The minimum Gasteiger partial charge on any atom is -0.326 e. The topological polar surface area (TPSA) is 87.3 Å². The summed E-state index contributed by atoms with van der Waals surface area (Å²) >= 11 is 17.9. The maximum Gasteiger partial charge on any atom is 0.257 e. The lowest BCUT2D eigenvalue weighted by Crippen LogP contribution is -2.25. The molecule has 11 heteroatoms. The van der Waals surface area contributed by atoms with Crippen LogP contribution in [0.5, 0.6) is 0 Å². The lowest BCUT2D eigenvalue weighted by atomic mass is 9.93. The van der Waals surface area contributed by atoms with Gasteiger partial charge in [-0.25, -0.2) is 8.78 Å². The van der Waals surface area contributed by atoms with Crippen LogP contribution in [-0.4, -0.2) is 22.1 Å². The van der Waals surface area contributed by atoms with Crippen LogP contribution < -0.4 is 16.0 Å². The fourth-order valence-corrected chi connectivity index (χ4v) is 4.42. The van der Waals surface area contributed by atoms with Gasteiger partial charge in [0.05, 0.1) is 22.2 Å². The lowest BCUT2D eigenvalue weighted by Gasteiger charge is -2.18. The van der Waals surface area contributed by atoms with E-state index in [0.29, 0.717) is 25.7 Å². The molecule has 4 rings (SSSR count). The predicted molar refractivity (Wildman–Crippen MR) is 132 cm³/mol. The van der Waals surface area contributed by atoms with E-state index in [9.17, 15) is 18.8 Å². The summed E-state index contributed by atoms with van der Waals surface area (Å²) in [4.78, 5) is 37.5. The van der Waals surface area contributed by atoms with Crippen LogP contribution >= 0.6 is 34.8 Å². The monoisotopic (exact) mass is 541 g/mol. The first-order valence-electron chi connectivity index (χ1n) is 10.8. The van der Waals surface area contributed by atoms with Gasteiger partial charge in [0, 0.05) is 11.6 Å². The van der Waals surface area contributed by atoms with E-state index in [4.69, 9.17) is 34.8 Å². The summed E-state index contributed by atoms with van der Waals surface area (Å²) in [5, 5.41) is 7.27. The Morgan fingerprint density at radius 3 is 2.37 bits per heavy atom. The summed E-state index contributed by atoms with van der Waals surface area (Å²) in [5.41, 5.74) is -0.807. The average Bonchev–Trinajstić information content (AvgIpc) is 3.48. The number of hydrogen-bond acceptors (Lipinski definition) is 3. The van der Waals surface area contributed by atoms with E-state index in [0.717, 1.165) is 12.1 Å². The molecule has 6 nitrogen and oxygen atoms in total. The highest BCUT2D eigenvalue weighted by Gasteiger charge is 2.56. The molecular weight excluding hydrogens is 523 g/mol. The largest absolute Gasteiger partial charge is 0.326 e. The molecular formula is C24H20Cl3F2N3O3. The van der Waals surface area contributed by atoms with Gasteiger partial charge in [-0.1, -0.05) is 23.8 Å². The highest BCUT2D eigenvalue weighted by Crippen LogP contribution is 2.53. The van der Waals surface area contributed by atoms with Crippen LogP contribution in [0.1, 0.15) is 36.0 Å². The number of allylic oxidation sites excluding steroid dienone is 2. The van der Waals surface area contributed by atoms with Gasteiger partial charge in [0.25, 0.3) is 5.91 Å². The molecule has 0 bridgehead atoms. The van der Waals surface area contributed by atoms with Crippen molar-refractivity contribution in [2.75, 3.05) is 16.0 Å². The van der Waals surface area contributed by atoms with E-state index in [-0.39, 0.29) is 22.0 Å². The van der Waals surface area contributed by atoms with Crippen molar-refractivity contribution in [3.63, 3.8) is 0 Å². The maximum absolute atomic E-state index is 15.1. The second-order valence-corrected chi connectivity index (χ2v) is 10.4. The molecule has 0 saturated heterocycles. The van der Waals surface area contributed by atoms with Gasteiger partial charge >= 0.3 is 0 Å². The van der Waals surface area contributed by atoms with Crippen molar-refractivity contribution in [3.05, 3.63) is 64.7 Å². The van der Waals surface area contributed by atoms with Gasteiger partial charge in [-0.05, 0) is 56.0 Å². The first kappa shape index (κ1) is 25.4. The highest BCUT2D eigenvalue weighted by molar-refractivity contribution is 6.52. The normalized spacial score (nSPS) is 20.1. The fourth-order valence-electron chi connectivity index (χ4n) is 3.71. The molecule has 3 N–H and O–H groups in total. The number of anilines is 3. The van der Waals surface area contributed by atoms with E-state index < -0.39 is 51.2 Å². The Balaban J connectivity index is 1.49. The van der Waals surface area contributed by atoms with Gasteiger partial charge in [-0.15, -0.1) is 23.2 Å². The Morgan fingerprint density at radius 1 is 0.971 bits per heavy atom. The van der Waals surface area contributed by atoms with E-state index >= 15 is 4.39 Å². The van der Waals surface area contributed by atoms with Gasteiger partial charge in [-0.2, -0.15) is 0 Å². The molecule has 35 heavy (non-hydrogen) atoms. The van der Waals surface area contributed by atoms with E-state index in [1.165, 1.54) is 18.2 Å². The Hall–Kier alpha value is -2.68. The first-order valence-corrected chi connectivity index (χ1v) is 11.9. The van der Waals surface area contributed by atoms with E-state index in [1.54, 1.807) is 0 Å². The molecule has 2 aromatic rings. The van der Waals surface area contributed by atoms with Crippen molar-refractivity contribution in [1.82, 2.24) is 0 Å². The van der Waals surface area contributed by atoms with Crippen molar-refractivity contribution >= 4 is 69.6 Å². The summed E-state index contributed by atoms with van der Waals surface area (Å²) < 4.78 is 28.3. The molecule has 0 heterocycles. The Labute approximate surface area is 215 Å². The van der Waals surface area contributed by atoms with Crippen LogP contribution in [0.4, 0.5) is 25.8 Å². The van der Waals surface area contributed by atoms with Crippen molar-refractivity contribution < 1.29 is 23.2 Å². The number of hydrogen-bond donors (Lipinski definition) is 3. The second kappa shape index (κ2) is 10.1. The minimum atomic E-state index is -1.13. The zero-order valence-electron chi connectivity index (χ0n) is 18.1. The highest BCUT2D eigenvalue weighted by atomic mass is 35.5. The van der Waals surface area contributed by atoms with E-state index in [1.807, 2.05) is 12.2 Å². The van der Waals surface area contributed by atoms with Gasteiger partial charge < -0.3 is 16.0 Å². The Kier molecular flexibility index (Phi) is 7.35. The second-order valence-electron chi connectivity index (χ2n) is 8.41. The molecule has 2 atom stereocenters. The zero-order chi connectivity index (χ0) is 25.3. The van der Waals surface area contributed by atoms with Gasteiger partial charge in [-0.3, -0.25) is 14.4 Å². The third-order valence-corrected chi connectivity index (χ3v) is 7.01. The van der Waals surface area contributed by atoms with E-state index in [2.05, 4.69) is 16.0 Å². The number of halogens is 5. The number of carbonyl (C=O) groups excluding carboxylic acids is 3. The maximum atomic E-state index is 15.1. The molecule has 1 saturated carbocycles. The van der Waals surface area contributed by atoms with Crippen LogP contribution in [0.25, 0.3) is 0 Å². The third-order valence-electron chi connectivity index (χ3n) is 5.85. The summed E-state index contributed by atoms with van der Waals surface area (Å²) in [6, 6.07) is 6.15. The van der Waals surface area contributed by atoms with Crippen LogP contribution in [-0.2, 0) is 9.59 Å².